The Bertz CT molecular complexity index is 1130. The minimum Gasteiger partial charge on any atom is -0.494 e. The molecule has 2 aromatic heterocycles. The molecule has 1 saturated heterocycles. The lowest BCUT2D eigenvalue weighted by Crippen LogP contribution is -2.49. The molecule has 3 heterocycles. The van der Waals surface area contributed by atoms with Crippen molar-refractivity contribution >= 4 is 43.7 Å². The summed E-state index contributed by atoms with van der Waals surface area (Å²) in [6.07, 6.45) is 2.05. The fraction of sp³-hybridized carbons (Fsp3) is 0.333. The van der Waals surface area contributed by atoms with Gasteiger partial charge in [-0.3, -0.25) is 4.79 Å². The number of rotatable bonds is 7. The zero-order chi connectivity index (χ0) is 21.8. The third kappa shape index (κ3) is 4.82. The van der Waals surface area contributed by atoms with Gasteiger partial charge in [-0.05, 0) is 55.5 Å². The van der Waals surface area contributed by atoms with E-state index in [4.69, 9.17) is 4.74 Å². The van der Waals surface area contributed by atoms with Crippen LogP contribution in [0.25, 0.3) is 11.3 Å². The Kier molecular flexibility index (Phi) is 6.71. The SMILES string of the molecule is CCOc1ccc(-c2csc(NC(=O)C3CCCCN3S(=O)(=O)c3cccs3)n2)cc1. The van der Waals surface area contributed by atoms with Gasteiger partial charge in [0.15, 0.2) is 5.13 Å². The predicted molar refractivity (Wildman–Crippen MR) is 123 cm³/mol. The summed E-state index contributed by atoms with van der Waals surface area (Å²) in [4.78, 5) is 17.5. The van der Waals surface area contributed by atoms with Gasteiger partial charge in [-0.2, -0.15) is 4.31 Å². The molecule has 1 amide bonds. The second kappa shape index (κ2) is 9.47. The van der Waals surface area contributed by atoms with Gasteiger partial charge in [0.05, 0.1) is 12.3 Å². The molecule has 0 saturated carbocycles. The highest BCUT2D eigenvalue weighted by Gasteiger charge is 2.38. The predicted octanol–water partition coefficient (Wildman–Crippen LogP) is 4.45. The van der Waals surface area contributed by atoms with Gasteiger partial charge in [0, 0.05) is 17.5 Å². The number of thiazole rings is 1. The lowest BCUT2D eigenvalue weighted by atomic mass is 10.0. The van der Waals surface area contributed by atoms with Gasteiger partial charge in [0.1, 0.15) is 16.0 Å². The monoisotopic (exact) mass is 477 g/mol. The molecule has 10 heteroatoms. The molecular formula is C21H23N3O4S3. The summed E-state index contributed by atoms with van der Waals surface area (Å²) in [6.45, 7) is 2.88. The quantitative estimate of drug-likeness (QED) is 0.543. The van der Waals surface area contributed by atoms with Crippen molar-refractivity contribution in [2.75, 3.05) is 18.5 Å². The molecule has 1 aliphatic heterocycles. The van der Waals surface area contributed by atoms with Crippen LogP contribution in [-0.4, -0.2) is 42.8 Å². The van der Waals surface area contributed by atoms with Crippen molar-refractivity contribution in [1.29, 1.82) is 0 Å². The molecule has 31 heavy (non-hydrogen) atoms. The summed E-state index contributed by atoms with van der Waals surface area (Å²) in [5.74, 6) is 0.451. The van der Waals surface area contributed by atoms with Gasteiger partial charge in [0.25, 0.3) is 10.0 Å². The van der Waals surface area contributed by atoms with Gasteiger partial charge in [0.2, 0.25) is 5.91 Å². The molecule has 0 aliphatic carbocycles. The van der Waals surface area contributed by atoms with E-state index in [1.807, 2.05) is 36.6 Å². The Morgan fingerprint density at radius 1 is 1.23 bits per heavy atom. The Morgan fingerprint density at radius 2 is 2.03 bits per heavy atom. The van der Waals surface area contributed by atoms with Gasteiger partial charge in [-0.1, -0.05) is 12.5 Å². The van der Waals surface area contributed by atoms with Crippen LogP contribution in [0.5, 0.6) is 5.75 Å². The maximum absolute atomic E-state index is 13.0. The number of nitrogens with one attached hydrogen (secondary N) is 1. The zero-order valence-electron chi connectivity index (χ0n) is 17.0. The molecule has 3 aromatic rings. The van der Waals surface area contributed by atoms with Crippen LogP contribution < -0.4 is 10.1 Å². The van der Waals surface area contributed by atoms with Crippen LogP contribution in [-0.2, 0) is 14.8 Å². The highest BCUT2D eigenvalue weighted by Crippen LogP contribution is 2.30. The second-order valence-corrected chi connectivity index (χ2v) is 11.0. The summed E-state index contributed by atoms with van der Waals surface area (Å²) in [6, 6.07) is 10.1. The number of ether oxygens (including phenoxy) is 1. The molecule has 1 unspecified atom stereocenters. The molecule has 164 valence electrons. The van der Waals surface area contributed by atoms with E-state index in [1.54, 1.807) is 17.5 Å². The van der Waals surface area contributed by atoms with Gasteiger partial charge in [-0.15, -0.1) is 22.7 Å². The number of piperidine rings is 1. The first-order valence-electron chi connectivity index (χ1n) is 10.0. The number of thiophene rings is 1. The summed E-state index contributed by atoms with van der Waals surface area (Å²) in [5, 5.41) is 6.87. The van der Waals surface area contributed by atoms with Crippen LogP contribution in [0.15, 0.2) is 51.4 Å². The first-order chi connectivity index (χ1) is 15.0. The average Bonchev–Trinajstić information content (AvgIpc) is 3.47. The van der Waals surface area contributed by atoms with Crippen molar-refractivity contribution in [3.63, 3.8) is 0 Å². The Balaban J connectivity index is 1.48. The summed E-state index contributed by atoms with van der Waals surface area (Å²) in [5.41, 5.74) is 1.66. The molecule has 4 rings (SSSR count). The molecule has 7 nitrogen and oxygen atoms in total. The van der Waals surface area contributed by atoms with E-state index in [9.17, 15) is 13.2 Å². The van der Waals surface area contributed by atoms with Crippen molar-refractivity contribution in [2.24, 2.45) is 0 Å². The lowest BCUT2D eigenvalue weighted by Gasteiger charge is -2.32. The number of benzene rings is 1. The van der Waals surface area contributed by atoms with E-state index in [2.05, 4.69) is 10.3 Å². The maximum atomic E-state index is 13.0. The third-order valence-corrected chi connectivity index (χ3v) is 9.05. The van der Waals surface area contributed by atoms with Crippen LogP contribution >= 0.6 is 22.7 Å². The molecule has 0 bridgehead atoms. The zero-order valence-corrected chi connectivity index (χ0v) is 19.4. The fourth-order valence-electron chi connectivity index (χ4n) is 3.52. The topological polar surface area (TPSA) is 88.6 Å². The third-order valence-electron chi connectivity index (χ3n) is 5.01. The van der Waals surface area contributed by atoms with E-state index >= 15 is 0 Å². The van der Waals surface area contributed by atoms with Crippen molar-refractivity contribution in [1.82, 2.24) is 9.29 Å². The summed E-state index contributed by atoms with van der Waals surface area (Å²) >= 11 is 2.48. The van der Waals surface area contributed by atoms with Crippen molar-refractivity contribution in [3.05, 3.63) is 47.2 Å². The number of nitrogens with zero attached hydrogens (tertiary/aromatic N) is 2. The molecule has 0 spiro atoms. The van der Waals surface area contributed by atoms with Gasteiger partial charge < -0.3 is 10.1 Å². The minimum absolute atomic E-state index is 0.263. The smallest absolute Gasteiger partial charge is 0.253 e. The largest absolute Gasteiger partial charge is 0.494 e. The van der Waals surface area contributed by atoms with E-state index in [-0.39, 0.29) is 10.1 Å². The number of amides is 1. The molecule has 1 N–H and O–H groups in total. The van der Waals surface area contributed by atoms with Crippen molar-refractivity contribution < 1.29 is 17.9 Å². The number of sulfonamides is 1. The second-order valence-electron chi connectivity index (χ2n) is 7.04. The maximum Gasteiger partial charge on any atom is 0.253 e. The van der Waals surface area contributed by atoms with Crippen LogP contribution in [0.1, 0.15) is 26.2 Å². The normalized spacial score (nSPS) is 17.4. The van der Waals surface area contributed by atoms with Crippen LogP contribution in [0.3, 0.4) is 0 Å². The van der Waals surface area contributed by atoms with Crippen LogP contribution in [0.2, 0.25) is 0 Å². The average molecular weight is 478 g/mol. The number of carbonyl (C=O) groups excluding carboxylic acids is 1. The highest BCUT2D eigenvalue weighted by molar-refractivity contribution is 7.91. The molecular weight excluding hydrogens is 454 g/mol. The van der Waals surface area contributed by atoms with E-state index < -0.39 is 16.1 Å². The number of aromatic nitrogens is 1. The Morgan fingerprint density at radius 3 is 2.74 bits per heavy atom. The highest BCUT2D eigenvalue weighted by atomic mass is 32.2. The van der Waals surface area contributed by atoms with Gasteiger partial charge in [-0.25, -0.2) is 13.4 Å². The molecule has 1 atom stereocenters. The molecule has 1 fully saturated rings. The molecule has 1 aliphatic rings. The number of anilines is 1. The Labute approximate surface area is 189 Å². The lowest BCUT2D eigenvalue weighted by molar-refractivity contribution is -0.120. The molecule has 0 radical (unpaired) electrons. The first-order valence-corrected chi connectivity index (χ1v) is 13.2. The summed E-state index contributed by atoms with van der Waals surface area (Å²) in [7, 11) is -3.69. The van der Waals surface area contributed by atoms with Crippen molar-refractivity contribution in [2.45, 2.75) is 36.4 Å². The number of carbonyl (C=O) groups is 1. The standard InChI is InChI=1S/C21H23N3O4S3/c1-2-28-16-10-8-15(9-11-16)17-14-30-21(22-17)23-20(25)18-6-3-4-12-24(18)31(26,27)19-7-5-13-29-19/h5,7-11,13-14,18H,2-4,6,12H2,1H3,(H,22,23,25). The van der Waals surface area contributed by atoms with E-state index in [0.29, 0.717) is 24.7 Å². The van der Waals surface area contributed by atoms with Crippen LogP contribution in [0.4, 0.5) is 5.13 Å². The Hall–Kier alpha value is -2.27. The summed E-state index contributed by atoms with van der Waals surface area (Å²) < 4.78 is 33.1. The number of hydrogen-bond acceptors (Lipinski definition) is 7. The van der Waals surface area contributed by atoms with E-state index in [0.717, 1.165) is 29.8 Å². The van der Waals surface area contributed by atoms with Crippen molar-refractivity contribution in [3.8, 4) is 17.0 Å². The fourth-order valence-corrected chi connectivity index (χ4v) is 7.02. The minimum atomic E-state index is -3.69. The van der Waals surface area contributed by atoms with Crippen LogP contribution in [0, 0.1) is 0 Å². The molecule has 1 aromatic carbocycles. The van der Waals surface area contributed by atoms with Gasteiger partial charge >= 0.3 is 0 Å². The number of hydrogen-bond donors (Lipinski definition) is 1. The van der Waals surface area contributed by atoms with E-state index in [1.165, 1.54) is 27.0 Å². The first kappa shape index (κ1) is 21.9.